The van der Waals surface area contributed by atoms with Gasteiger partial charge < -0.3 is 10.3 Å². The van der Waals surface area contributed by atoms with Crippen molar-refractivity contribution in [1.29, 1.82) is 0 Å². The summed E-state index contributed by atoms with van der Waals surface area (Å²) in [6.45, 7) is 7.40. The van der Waals surface area contributed by atoms with Crippen LogP contribution in [0.3, 0.4) is 0 Å². The van der Waals surface area contributed by atoms with Crippen LogP contribution in [-0.2, 0) is 0 Å². The Morgan fingerprint density at radius 2 is 2.17 bits per heavy atom. The third-order valence-corrected chi connectivity index (χ3v) is 1.26. The van der Waals surface area contributed by atoms with Gasteiger partial charge in [-0.1, -0.05) is 31.4 Å². The Morgan fingerprint density at radius 1 is 1.50 bits per heavy atom. The van der Waals surface area contributed by atoms with E-state index in [1.54, 1.807) is 18.2 Å². The molecule has 0 aliphatic heterocycles. The zero-order valence-corrected chi connectivity index (χ0v) is 6.96. The first-order chi connectivity index (χ1) is 5.76. The van der Waals surface area contributed by atoms with E-state index < -0.39 is 0 Å². The van der Waals surface area contributed by atoms with Crippen molar-refractivity contribution in [3.05, 3.63) is 48.8 Å². The molecule has 12 heavy (non-hydrogen) atoms. The van der Waals surface area contributed by atoms with Crippen LogP contribution in [0.15, 0.2) is 48.8 Å². The van der Waals surface area contributed by atoms with Crippen molar-refractivity contribution < 1.29 is 5.11 Å². The first-order valence-corrected chi connectivity index (χ1v) is 3.53. The van der Waals surface area contributed by atoms with Gasteiger partial charge in [-0.2, -0.15) is 0 Å². The first-order valence-electron chi connectivity index (χ1n) is 3.53. The normalized spacial score (nSPS) is 12.7. The number of aliphatic hydroxyl groups excluding tert-OH is 1. The van der Waals surface area contributed by atoms with E-state index in [2.05, 4.69) is 18.4 Å². The Bertz CT molecular complexity index is 219. The van der Waals surface area contributed by atoms with Gasteiger partial charge >= 0.3 is 0 Å². The molecule has 0 aliphatic carbocycles. The van der Waals surface area contributed by atoms with Gasteiger partial charge in [-0.05, 0) is 6.08 Å². The van der Waals surface area contributed by atoms with Crippen LogP contribution in [0.5, 0.6) is 0 Å². The molecule has 0 saturated carbocycles. The summed E-state index contributed by atoms with van der Waals surface area (Å²) in [5, 5.41) is 11.8. The molecular formula is C9H12BNO. The van der Waals surface area contributed by atoms with Crippen molar-refractivity contribution >= 4 is 7.98 Å². The van der Waals surface area contributed by atoms with Crippen LogP contribution in [-0.4, -0.2) is 19.6 Å². The molecule has 0 aromatic carbocycles. The average molecular weight is 161 g/mol. The summed E-state index contributed by atoms with van der Waals surface area (Å²) in [5.74, 6) is 0.142. The van der Waals surface area contributed by atoms with Crippen molar-refractivity contribution in [3.63, 3.8) is 0 Å². The summed E-state index contributed by atoms with van der Waals surface area (Å²) in [6, 6.07) is 0. The Morgan fingerprint density at radius 3 is 2.58 bits per heavy atom. The van der Waals surface area contributed by atoms with Gasteiger partial charge in [0.05, 0.1) is 0 Å². The van der Waals surface area contributed by atoms with Crippen LogP contribution in [0.1, 0.15) is 0 Å². The molecule has 0 amide bonds. The van der Waals surface area contributed by atoms with Crippen molar-refractivity contribution in [2.24, 2.45) is 0 Å². The highest BCUT2D eigenvalue weighted by molar-refractivity contribution is 6.04. The van der Waals surface area contributed by atoms with Crippen LogP contribution in [0, 0.1) is 0 Å². The molecule has 0 saturated heterocycles. The molecule has 2 radical (unpaired) electrons. The Balaban J connectivity index is 4.46. The fourth-order valence-corrected chi connectivity index (χ4v) is 0.643. The highest BCUT2D eigenvalue weighted by Crippen LogP contribution is 2.02. The van der Waals surface area contributed by atoms with E-state index in [4.69, 9.17) is 7.98 Å². The number of hydrogen-bond acceptors (Lipinski definition) is 2. The molecule has 0 heterocycles. The maximum atomic E-state index is 9.35. The van der Waals surface area contributed by atoms with Gasteiger partial charge in [0, 0.05) is 12.1 Å². The van der Waals surface area contributed by atoms with Crippen LogP contribution in [0.4, 0.5) is 0 Å². The standard InChI is InChI=1S/C9H12BNO/c1-3-5-6-9(12)8(4-2)7-11-10/h3-6,11-12H,1-2,7H2/b6-5-,9-8-. The van der Waals surface area contributed by atoms with Crippen molar-refractivity contribution in [3.8, 4) is 0 Å². The van der Waals surface area contributed by atoms with E-state index >= 15 is 0 Å². The molecule has 0 spiro atoms. The zero-order valence-electron chi connectivity index (χ0n) is 6.96. The minimum atomic E-state index is 0.142. The molecule has 2 N–H and O–H groups in total. The lowest BCUT2D eigenvalue weighted by atomic mass is 10.2. The van der Waals surface area contributed by atoms with Gasteiger partial charge in [0.2, 0.25) is 0 Å². The summed E-state index contributed by atoms with van der Waals surface area (Å²) < 4.78 is 0. The maximum absolute atomic E-state index is 9.35. The lowest BCUT2D eigenvalue weighted by Gasteiger charge is -2.01. The monoisotopic (exact) mass is 161 g/mol. The quantitative estimate of drug-likeness (QED) is 0.363. The van der Waals surface area contributed by atoms with E-state index in [1.165, 1.54) is 6.08 Å². The number of aliphatic hydroxyl groups is 1. The fraction of sp³-hybridized carbons (Fsp3) is 0.111. The van der Waals surface area contributed by atoms with Crippen molar-refractivity contribution in [1.82, 2.24) is 5.23 Å². The highest BCUT2D eigenvalue weighted by Gasteiger charge is 1.95. The highest BCUT2D eigenvalue weighted by atomic mass is 16.3. The van der Waals surface area contributed by atoms with E-state index in [0.717, 1.165) is 0 Å². The Labute approximate surface area is 74.4 Å². The summed E-state index contributed by atoms with van der Waals surface area (Å²) in [5.41, 5.74) is 0.649. The van der Waals surface area contributed by atoms with Crippen LogP contribution < -0.4 is 5.23 Å². The van der Waals surface area contributed by atoms with Gasteiger partial charge in [0.15, 0.2) is 7.98 Å². The molecule has 0 bridgehead atoms. The topological polar surface area (TPSA) is 32.3 Å². The number of rotatable bonds is 5. The molecule has 0 fully saturated rings. The molecular weight excluding hydrogens is 149 g/mol. The molecule has 0 atom stereocenters. The molecule has 62 valence electrons. The van der Waals surface area contributed by atoms with E-state index in [0.29, 0.717) is 12.1 Å². The number of nitrogens with one attached hydrogen (secondary N) is 1. The molecule has 3 heteroatoms. The molecule has 2 nitrogen and oxygen atoms in total. The van der Waals surface area contributed by atoms with Gasteiger partial charge in [-0.3, -0.25) is 0 Å². The fourth-order valence-electron chi connectivity index (χ4n) is 0.643. The van der Waals surface area contributed by atoms with Crippen molar-refractivity contribution in [2.75, 3.05) is 6.54 Å². The molecule has 0 aromatic heterocycles. The van der Waals surface area contributed by atoms with Gasteiger partial charge in [0.1, 0.15) is 5.76 Å². The van der Waals surface area contributed by atoms with Gasteiger partial charge in [-0.25, -0.2) is 0 Å². The van der Waals surface area contributed by atoms with Gasteiger partial charge in [0.25, 0.3) is 0 Å². The van der Waals surface area contributed by atoms with Crippen molar-refractivity contribution in [2.45, 2.75) is 0 Å². The van der Waals surface area contributed by atoms with Crippen LogP contribution in [0.2, 0.25) is 0 Å². The zero-order chi connectivity index (χ0) is 9.40. The molecule has 0 aliphatic rings. The second-order valence-corrected chi connectivity index (χ2v) is 2.09. The SMILES string of the molecule is [B]NC/C(C=C)=C(O)/C=C\C=C. The minimum Gasteiger partial charge on any atom is -0.508 e. The second-order valence-electron chi connectivity index (χ2n) is 2.09. The lowest BCUT2D eigenvalue weighted by Crippen LogP contribution is -2.12. The maximum Gasteiger partial charge on any atom is 0.178 e. The van der Waals surface area contributed by atoms with Crippen LogP contribution >= 0.6 is 0 Å². The molecule has 0 unspecified atom stereocenters. The summed E-state index contributed by atoms with van der Waals surface area (Å²) in [4.78, 5) is 0. The van der Waals surface area contributed by atoms with Gasteiger partial charge in [-0.15, -0.1) is 0 Å². The third-order valence-electron chi connectivity index (χ3n) is 1.26. The van der Waals surface area contributed by atoms with E-state index in [-0.39, 0.29) is 5.76 Å². The number of hydrogen-bond donors (Lipinski definition) is 2. The van der Waals surface area contributed by atoms with E-state index in [1.807, 2.05) is 0 Å². The summed E-state index contributed by atoms with van der Waals surface area (Å²) in [6.07, 6.45) is 6.28. The van der Waals surface area contributed by atoms with E-state index in [9.17, 15) is 5.11 Å². The molecule has 0 rings (SSSR count). The smallest absolute Gasteiger partial charge is 0.178 e. The molecule has 0 aromatic rings. The predicted molar refractivity (Wildman–Crippen MR) is 52.9 cm³/mol. The summed E-state index contributed by atoms with van der Waals surface area (Å²) in [7, 11) is 5.08. The minimum absolute atomic E-state index is 0.142. The Kier molecular flexibility index (Phi) is 5.83. The average Bonchev–Trinajstić information content (AvgIpc) is 2.10. The lowest BCUT2D eigenvalue weighted by molar-refractivity contribution is 0.426. The largest absolute Gasteiger partial charge is 0.508 e. The third kappa shape index (κ3) is 3.83. The first kappa shape index (κ1) is 10.8. The Hall–Kier alpha value is -1.22. The predicted octanol–water partition coefficient (Wildman–Crippen LogP) is 1.40. The van der Waals surface area contributed by atoms with Crippen LogP contribution in [0.25, 0.3) is 0 Å². The second kappa shape index (κ2) is 6.49. The summed E-state index contributed by atoms with van der Waals surface area (Å²) >= 11 is 0. The number of allylic oxidation sites excluding steroid dienone is 3.